The number of aliphatic hydroxyl groups excluding tert-OH is 2. The van der Waals surface area contributed by atoms with Crippen LogP contribution in [-0.4, -0.2) is 45.6 Å². The van der Waals surface area contributed by atoms with Gasteiger partial charge in [0, 0.05) is 54.8 Å². The number of hydrogen-bond donors (Lipinski definition) is 3. The molecule has 9 heteroatoms. The van der Waals surface area contributed by atoms with E-state index < -0.39 is 22.8 Å². The summed E-state index contributed by atoms with van der Waals surface area (Å²) < 4.78 is 19.3. The highest BCUT2D eigenvalue weighted by Gasteiger charge is 2.64. The molecule has 2 aromatic carbocycles. The van der Waals surface area contributed by atoms with Gasteiger partial charge in [-0.3, -0.25) is 0 Å². The van der Waals surface area contributed by atoms with Gasteiger partial charge in [-0.1, -0.05) is 36.4 Å². The first-order valence-electron chi connectivity index (χ1n) is 15.3. The summed E-state index contributed by atoms with van der Waals surface area (Å²) in [6, 6.07) is 17.3. The first-order chi connectivity index (χ1) is 21.6. The number of nitrogens with zero attached hydrogens (tertiary/aromatic N) is 1. The number of nitrogens with two attached hydrogens (primary N) is 1. The summed E-state index contributed by atoms with van der Waals surface area (Å²) in [5, 5.41) is 19.8. The number of hydrogen-bond acceptors (Lipinski definition) is 9. The predicted octanol–water partition coefficient (Wildman–Crippen LogP) is 4.63. The van der Waals surface area contributed by atoms with Crippen LogP contribution in [0.3, 0.4) is 0 Å². The average Bonchev–Trinajstić information content (AvgIpc) is 3.40. The lowest BCUT2D eigenvalue weighted by molar-refractivity contribution is -0.184. The lowest BCUT2D eigenvalue weighted by Gasteiger charge is -2.52. The maximum absolute atomic E-state index is 13.4. The standard InChI is InChI=1S/C36H38N2O7/c1-4-21(2)33(41)45-35(3)17-23-7-5-6-8-28(23)32(24-9-10-31(37)38-19-24)36(35)18-27-15-25-14-26(13-22(20-40)11-12-39)34(42)43-29(25)16-30(27)44-36/h4-10,14-16,19,22,32,39-40H,11-13,17-18,20H2,1-3H3,(H2,37,38). The van der Waals surface area contributed by atoms with Crippen LogP contribution in [-0.2, 0) is 28.8 Å². The highest BCUT2D eigenvalue weighted by Crippen LogP contribution is 2.57. The summed E-state index contributed by atoms with van der Waals surface area (Å²) >= 11 is 0. The van der Waals surface area contributed by atoms with Crippen LogP contribution in [0.4, 0.5) is 5.82 Å². The molecule has 0 radical (unpaired) electrons. The SMILES string of the molecule is CC=C(C)C(=O)OC1(C)Cc2ccccc2C(c2ccc(N)nc2)C12Cc1cc3cc(CC(CO)CCO)c(=O)oc3cc1O2. The highest BCUT2D eigenvalue weighted by atomic mass is 16.6. The monoisotopic (exact) mass is 610 g/mol. The summed E-state index contributed by atoms with van der Waals surface area (Å²) in [6.45, 7) is 5.24. The van der Waals surface area contributed by atoms with Crippen molar-refractivity contribution < 1.29 is 28.9 Å². The number of carbonyl (C=O) groups excluding carboxylic acids is 1. The third-order valence-electron chi connectivity index (χ3n) is 9.51. The Morgan fingerprint density at radius 3 is 2.67 bits per heavy atom. The van der Waals surface area contributed by atoms with Gasteiger partial charge in [-0.25, -0.2) is 14.6 Å². The van der Waals surface area contributed by atoms with Crippen LogP contribution in [0.2, 0.25) is 0 Å². The molecule has 4 N–H and O–H groups in total. The number of carbonyl (C=O) groups is 1. The Morgan fingerprint density at radius 1 is 1.16 bits per heavy atom. The first kappa shape index (κ1) is 30.6. The average molecular weight is 611 g/mol. The van der Waals surface area contributed by atoms with E-state index in [1.54, 1.807) is 44.3 Å². The number of rotatable bonds is 8. The van der Waals surface area contributed by atoms with Crippen LogP contribution < -0.4 is 16.1 Å². The Morgan fingerprint density at radius 2 is 1.96 bits per heavy atom. The summed E-state index contributed by atoms with van der Waals surface area (Å²) in [6.07, 6.45) is 4.97. The molecule has 1 spiro atoms. The molecule has 234 valence electrons. The first-order valence-corrected chi connectivity index (χ1v) is 15.3. The van der Waals surface area contributed by atoms with Crippen LogP contribution in [0.25, 0.3) is 11.0 Å². The van der Waals surface area contributed by atoms with E-state index in [0.717, 1.165) is 27.6 Å². The number of ether oxygens (including phenoxy) is 2. The molecule has 0 fully saturated rings. The molecule has 3 heterocycles. The van der Waals surface area contributed by atoms with Crippen molar-refractivity contribution in [3.63, 3.8) is 0 Å². The zero-order valence-corrected chi connectivity index (χ0v) is 25.7. The molecule has 4 aromatic rings. The minimum atomic E-state index is -1.12. The van der Waals surface area contributed by atoms with Gasteiger partial charge in [-0.15, -0.1) is 0 Å². The number of esters is 1. The van der Waals surface area contributed by atoms with Crippen LogP contribution in [0.1, 0.15) is 60.9 Å². The number of anilines is 1. The van der Waals surface area contributed by atoms with Gasteiger partial charge in [0.1, 0.15) is 17.2 Å². The van der Waals surface area contributed by atoms with Gasteiger partial charge in [-0.2, -0.15) is 0 Å². The maximum Gasteiger partial charge on any atom is 0.339 e. The van der Waals surface area contributed by atoms with E-state index in [0.29, 0.717) is 47.5 Å². The minimum Gasteiger partial charge on any atom is -0.481 e. The number of aliphatic hydroxyl groups is 2. The normalized spacial score (nSPS) is 23.0. The second-order valence-electron chi connectivity index (χ2n) is 12.4. The van der Waals surface area contributed by atoms with Gasteiger partial charge in [-0.05, 0) is 80.0 Å². The molecule has 2 aromatic heterocycles. The van der Waals surface area contributed by atoms with E-state index >= 15 is 0 Å². The third-order valence-corrected chi connectivity index (χ3v) is 9.51. The summed E-state index contributed by atoms with van der Waals surface area (Å²) in [7, 11) is 0. The predicted molar refractivity (Wildman–Crippen MR) is 170 cm³/mol. The fourth-order valence-electron chi connectivity index (χ4n) is 6.94. The number of pyridine rings is 1. The molecule has 1 aliphatic carbocycles. The summed E-state index contributed by atoms with van der Waals surface area (Å²) in [5.74, 6) is -0.130. The van der Waals surface area contributed by atoms with E-state index in [2.05, 4.69) is 17.1 Å². The zero-order valence-electron chi connectivity index (χ0n) is 25.7. The van der Waals surface area contributed by atoms with Gasteiger partial charge < -0.3 is 29.8 Å². The van der Waals surface area contributed by atoms with Crippen molar-refractivity contribution in [2.75, 3.05) is 18.9 Å². The molecule has 0 saturated carbocycles. The van der Waals surface area contributed by atoms with E-state index in [9.17, 15) is 19.8 Å². The fraction of sp³-hybridized carbons (Fsp3) is 0.361. The van der Waals surface area contributed by atoms with Crippen molar-refractivity contribution in [2.45, 2.75) is 63.6 Å². The topological polar surface area (TPSA) is 145 Å². The van der Waals surface area contributed by atoms with E-state index in [1.165, 1.54) is 0 Å². The molecule has 4 atom stereocenters. The quantitative estimate of drug-likeness (QED) is 0.148. The molecular weight excluding hydrogens is 572 g/mol. The van der Waals surface area contributed by atoms with Crippen molar-refractivity contribution in [3.05, 3.63) is 111 Å². The maximum atomic E-state index is 13.4. The molecule has 0 amide bonds. The van der Waals surface area contributed by atoms with Crippen LogP contribution in [0.5, 0.6) is 5.75 Å². The van der Waals surface area contributed by atoms with Crippen molar-refractivity contribution in [2.24, 2.45) is 5.92 Å². The molecule has 0 saturated heterocycles. The smallest absolute Gasteiger partial charge is 0.339 e. The van der Waals surface area contributed by atoms with Crippen molar-refractivity contribution >= 4 is 22.8 Å². The van der Waals surface area contributed by atoms with Crippen molar-refractivity contribution in [3.8, 4) is 5.75 Å². The van der Waals surface area contributed by atoms with Crippen LogP contribution >= 0.6 is 0 Å². The Kier molecular flexibility index (Phi) is 8.01. The summed E-state index contributed by atoms with van der Waals surface area (Å²) in [4.78, 5) is 30.8. The Hall–Kier alpha value is -4.47. The molecule has 4 unspecified atom stereocenters. The Bertz CT molecular complexity index is 1850. The largest absolute Gasteiger partial charge is 0.481 e. The van der Waals surface area contributed by atoms with E-state index in [-0.39, 0.29) is 31.5 Å². The van der Waals surface area contributed by atoms with Gasteiger partial charge in [0.05, 0.1) is 5.92 Å². The Balaban J connectivity index is 1.52. The van der Waals surface area contributed by atoms with Gasteiger partial charge >= 0.3 is 11.6 Å². The summed E-state index contributed by atoms with van der Waals surface area (Å²) in [5.41, 5.74) is 8.42. The molecule has 6 rings (SSSR count). The molecule has 0 bridgehead atoms. The Labute approximate surface area is 261 Å². The second-order valence-corrected chi connectivity index (χ2v) is 12.4. The number of nitrogen functional groups attached to an aromatic ring is 1. The highest BCUT2D eigenvalue weighted by molar-refractivity contribution is 5.88. The second kappa shape index (κ2) is 11.8. The lowest BCUT2D eigenvalue weighted by Crippen LogP contribution is -2.65. The number of allylic oxidation sites excluding steroid dienone is 1. The van der Waals surface area contributed by atoms with Gasteiger partial charge in [0.25, 0.3) is 0 Å². The lowest BCUT2D eigenvalue weighted by atomic mass is 9.60. The van der Waals surface area contributed by atoms with Crippen LogP contribution in [0, 0.1) is 5.92 Å². The fourth-order valence-corrected chi connectivity index (χ4v) is 6.94. The van der Waals surface area contributed by atoms with Gasteiger partial charge in [0.2, 0.25) is 0 Å². The molecule has 1 aliphatic heterocycles. The molecular formula is C36H38N2O7. The van der Waals surface area contributed by atoms with Crippen molar-refractivity contribution in [1.29, 1.82) is 0 Å². The minimum absolute atomic E-state index is 0.0815. The molecule has 45 heavy (non-hydrogen) atoms. The zero-order chi connectivity index (χ0) is 31.9. The van der Waals surface area contributed by atoms with E-state index in [1.807, 2.05) is 31.2 Å². The van der Waals surface area contributed by atoms with Crippen molar-refractivity contribution in [1.82, 2.24) is 4.98 Å². The molecule has 9 nitrogen and oxygen atoms in total. The number of fused-ring (bicyclic) bond motifs is 3. The van der Waals surface area contributed by atoms with Crippen LogP contribution in [0.15, 0.2) is 81.7 Å². The molecule has 2 aliphatic rings. The number of aromatic nitrogens is 1. The third kappa shape index (κ3) is 5.30. The van der Waals surface area contributed by atoms with Gasteiger partial charge in [0.15, 0.2) is 11.2 Å². The number of benzene rings is 2. The van der Waals surface area contributed by atoms with E-state index in [4.69, 9.17) is 19.6 Å².